The zero-order chi connectivity index (χ0) is 27.8. The highest BCUT2D eigenvalue weighted by molar-refractivity contribution is 6.36. The number of carbonyl (C=O) groups is 2. The van der Waals surface area contributed by atoms with E-state index < -0.39 is 5.97 Å². The molecule has 200 valence electrons. The fourth-order valence-electron chi connectivity index (χ4n) is 3.87. The molecule has 0 aliphatic carbocycles. The Morgan fingerprint density at radius 1 is 1.00 bits per heavy atom. The molecule has 1 aromatic heterocycles. The summed E-state index contributed by atoms with van der Waals surface area (Å²) in [6.45, 7) is 0.481. The largest absolute Gasteiger partial charge is 0.494 e. The van der Waals surface area contributed by atoms with Crippen LogP contribution in [-0.4, -0.2) is 40.2 Å². The van der Waals surface area contributed by atoms with Crippen LogP contribution in [0.4, 0.5) is 0 Å². The Kier molecular flexibility index (Phi) is 9.41. The second-order valence-electron chi connectivity index (χ2n) is 8.74. The third-order valence-electron chi connectivity index (χ3n) is 5.93. The smallest absolute Gasteiger partial charge is 0.303 e. The molecule has 0 aliphatic rings. The van der Waals surface area contributed by atoms with Crippen LogP contribution < -0.4 is 10.1 Å². The van der Waals surface area contributed by atoms with Crippen molar-refractivity contribution in [2.75, 3.05) is 13.7 Å². The molecule has 1 amide bonds. The van der Waals surface area contributed by atoms with Gasteiger partial charge in [0.15, 0.2) is 0 Å². The maximum atomic E-state index is 12.1. The van der Waals surface area contributed by atoms with E-state index in [1.54, 1.807) is 29.9 Å². The Labute approximate surface area is 236 Å². The molecule has 0 radical (unpaired) electrons. The van der Waals surface area contributed by atoms with Crippen molar-refractivity contribution in [2.24, 2.45) is 0 Å². The number of aromatic nitrogens is 2. The van der Waals surface area contributed by atoms with E-state index in [0.717, 1.165) is 22.3 Å². The first kappa shape index (κ1) is 28.0. The number of ether oxygens (including phenoxy) is 1. The number of nitrogens with one attached hydrogen (secondary N) is 1. The minimum atomic E-state index is -0.825. The normalized spacial score (nSPS) is 11.1. The zero-order valence-electron chi connectivity index (χ0n) is 21.2. The fraction of sp³-hybridized carbons (Fsp3) is 0.167. The Bertz CT molecular complexity index is 1480. The van der Waals surface area contributed by atoms with Crippen molar-refractivity contribution in [2.45, 2.75) is 19.4 Å². The highest BCUT2D eigenvalue weighted by Crippen LogP contribution is 2.30. The summed E-state index contributed by atoms with van der Waals surface area (Å²) in [5.74, 6) is 0.351. The summed E-state index contributed by atoms with van der Waals surface area (Å²) in [4.78, 5) is 27.4. The molecular weight excluding hydrogens is 537 g/mol. The predicted octanol–water partition coefficient (Wildman–Crippen LogP) is 6.68. The summed E-state index contributed by atoms with van der Waals surface area (Å²) in [5, 5.41) is 12.4. The Hall–Kier alpha value is -4.07. The number of amides is 1. The van der Waals surface area contributed by atoms with Crippen molar-refractivity contribution in [1.29, 1.82) is 0 Å². The summed E-state index contributed by atoms with van der Waals surface area (Å²) in [7, 11) is 1.59. The van der Waals surface area contributed by atoms with Gasteiger partial charge < -0.3 is 19.7 Å². The van der Waals surface area contributed by atoms with Crippen LogP contribution in [0.25, 0.3) is 34.5 Å². The number of rotatable bonds is 11. The predicted molar refractivity (Wildman–Crippen MR) is 155 cm³/mol. The van der Waals surface area contributed by atoms with E-state index in [2.05, 4.69) is 5.32 Å². The molecule has 0 fully saturated rings. The first-order valence-electron chi connectivity index (χ1n) is 12.3. The highest BCUT2D eigenvalue weighted by Gasteiger charge is 2.13. The molecule has 1 heterocycles. The van der Waals surface area contributed by atoms with Gasteiger partial charge in [-0.2, -0.15) is 0 Å². The molecule has 3 aromatic carbocycles. The van der Waals surface area contributed by atoms with E-state index in [-0.39, 0.29) is 18.9 Å². The molecule has 9 heteroatoms. The van der Waals surface area contributed by atoms with Crippen molar-refractivity contribution in [3.8, 4) is 28.1 Å². The summed E-state index contributed by atoms with van der Waals surface area (Å²) >= 11 is 12.4. The Morgan fingerprint density at radius 3 is 2.33 bits per heavy atom. The fourth-order valence-corrected chi connectivity index (χ4v) is 4.37. The van der Waals surface area contributed by atoms with E-state index in [4.69, 9.17) is 38.0 Å². The highest BCUT2D eigenvalue weighted by atomic mass is 35.5. The van der Waals surface area contributed by atoms with Gasteiger partial charge in [0.25, 0.3) is 0 Å². The van der Waals surface area contributed by atoms with Gasteiger partial charge in [0.2, 0.25) is 5.91 Å². The number of nitrogens with zero attached hydrogens (tertiary/aromatic N) is 2. The molecule has 0 aliphatic heterocycles. The standard InChI is InChI=1S/C30H27Cl2N3O4/c1-33-29(36)19-35-18-27(25-14-11-23(31)17-26(25)32)34-28(35)15-6-20-4-7-21(8-5-20)22-9-12-24(13-10-22)39-16-2-3-30(37)38/h4-15,17-18H,2-3,16,19H2,1H3,(H,33,36)(H,37,38). The quantitative estimate of drug-likeness (QED) is 0.198. The number of carboxylic acid groups (broad SMARTS) is 1. The first-order valence-corrected chi connectivity index (χ1v) is 13.0. The van der Waals surface area contributed by atoms with E-state index in [9.17, 15) is 9.59 Å². The summed E-state index contributed by atoms with van der Waals surface area (Å²) in [5.41, 5.74) is 4.43. The lowest BCUT2D eigenvalue weighted by Crippen LogP contribution is -2.23. The van der Waals surface area contributed by atoms with Crippen molar-refractivity contribution < 1.29 is 19.4 Å². The number of benzene rings is 3. The molecule has 0 saturated heterocycles. The number of halogens is 2. The van der Waals surface area contributed by atoms with E-state index in [1.165, 1.54) is 0 Å². The van der Waals surface area contributed by atoms with E-state index in [1.807, 2.05) is 66.7 Å². The Balaban J connectivity index is 1.48. The topological polar surface area (TPSA) is 93.5 Å². The number of hydrogen-bond acceptors (Lipinski definition) is 4. The van der Waals surface area contributed by atoms with Crippen LogP contribution in [0.15, 0.2) is 72.9 Å². The Morgan fingerprint density at radius 2 is 1.69 bits per heavy atom. The van der Waals surface area contributed by atoms with Crippen LogP contribution in [0.2, 0.25) is 10.0 Å². The molecule has 4 rings (SSSR count). The second kappa shape index (κ2) is 13.1. The molecule has 0 atom stereocenters. The van der Waals surface area contributed by atoms with Crippen LogP contribution in [-0.2, 0) is 16.1 Å². The molecule has 39 heavy (non-hydrogen) atoms. The number of carbonyl (C=O) groups excluding carboxylic acids is 1. The second-order valence-corrected chi connectivity index (χ2v) is 9.58. The summed E-state index contributed by atoms with van der Waals surface area (Å²) in [6, 6.07) is 21.0. The van der Waals surface area contributed by atoms with Crippen molar-refractivity contribution in [3.05, 3.63) is 94.4 Å². The lowest BCUT2D eigenvalue weighted by atomic mass is 10.0. The van der Waals surface area contributed by atoms with Gasteiger partial charge in [-0.1, -0.05) is 65.7 Å². The first-order chi connectivity index (χ1) is 18.8. The lowest BCUT2D eigenvalue weighted by molar-refractivity contribution is -0.137. The number of likely N-dealkylation sites (N-methyl/N-ethyl adjacent to an activating group) is 1. The third kappa shape index (κ3) is 7.72. The monoisotopic (exact) mass is 563 g/mol. The summed E-state index contributed by atoms with van der Waals surface area (Å²) in [6.07, 6.45) is 6.16. The van der Waals surface area contributed by atoms with Crippen molar-refractivity contribution in [3.63, 3.8) is 0 Å². The zero-order valence-corrected chi connectivity index (χ0v) is 22.7. The van der Waals surface area contributed by atoms with Crippen LogP contribution in [0.1, 0.15) is 24.2 Å². The van der Waals surface area contributed by atoms with Crippen LogP contribution in [0.5, 0.6) is 5.75 Å². The average Bonchev–Trinajstić information content (AvgIpc) is 3.32. The molecular formula is C30H27Cl2N3O4. The number of carboxylic acids is 1. The van der Waals surface area contributed by atoms with Crippen LogP contribution in [0.3, 0.4) is 0 Å². The molecule has 4 aromatic rings. The lowest BCUT2D eigenvalue weighted by Gasteiger charge is -2.07. The number of hydrogen-bond donors (Lipinski definition) is 2. The third-order valence-corrected chi connectivity index (χ3v) is 6.48. The SMILES string of the molecule is CNC(=O)Cn1cc(-c2ccc(Cl)cc2Cl)nc1C=Cc1ccc(-c2ccc(OCCCC(=O)O)cc2)cc1. The van der Waals surface area contributed by atoms with Gasteiger partial charge in [0, 0.05) is 30.3 Å². The van der Waals surface area contributed by atoms with Gasteiger partial charge in [-0.05, 0) is 59.5 Å². The van der Waals surface area contributed by atoms with Gasteiger partial charge in [0.05, 0.1) is 17.3 Å². The van der Waals surface area contributed by atoms with Gasteiger partial charge >= 0.3 is 5.97 Å². The minimum absolute atomic E-state index is 0.0900. The maximum absolute atomic E-state index is 12.1. The van der Waals surface area contributed by atoms with Gasteiger partial charge in [-0.3, -0.25) is 9.59 Å². The maximum Gasteiger partial charge on any atom is 0.303 e. The van der Waals surface area contributed by atoms with Gasteiger partial charge in [-0.15, -0.1) is 0 Å². The number of imidazole rings is 1. The van der Waals surface area contributed by atoms with Gasteiger partial charge in [0.1, 0.15) is 18.1 Å². The molecule has 7 nitrogen and oxygen atoms in total. The summed E-state index contributed by atoms with van der Waals surface area (Å²) < 4.78 is 7.38. The van der Waals surface area contributed by atoms with Crippen LogP contribution >= 0.6 is 23.2 Å². The van der Waals surface area contributed by atoms with E-state index in [0.29, 0.717) is 40.3 Å². The molecule has 0 unspecified atom stereocenters. The van der Waals surface area contributed by atoms with Gasteiger partial charge in [-0.25, -0.2) is 4.98 Å². The number of aliphatic carboxylic acids is 1. The van der Waals surface area contributed by atoms with Crippen LogP contribution in [0, 0.1) is 0 Å². The average molecular weight is 564 g/mol. The molecule has 0 bridgehead atoms. The minimum Gasteiger partial charge on any atom is -0.494 e. The van der Waals surface area contributed by atoms with Crippen molar-refractivity contribution >= 4 is 47.2 Å². The van der Waals surface area contributed by atoms with Crippen molar-refractivity contribution in [1.82, 2.24) is 14.9 Å². The molecule has 2 N–H and O–H groups in total. The molecule has 0 spiro atoms. The van der Waals surface area contributed by atoms with E-state index >= 15 is 0 Å². The molecule has 0 saturated carbocycles.